The number of likely N-dealkylation sites (tertiary alicyclic amines) is 1. The standard InChI is InChI=1S/C26H28N4O2S/c1-17(18-6-3-2-4-7-18)30-15-5-8-23(30)25(32)29-26-28-22(16-33-26)19-9-11-20(12-10-19)24(31)27-21-13-14-21/h2-4,6-7,9-12,16-17,21,23H,5,8,13-15H2,1H3,(H,27,31)(H,28,29,32)/t17?,23-/m0/s1. The lowest BCUT2D eigenvalue weighted by Crippen LogP contribution is -2.41. The number of aromatic nitrogens is 1. The Morgan fingerprint density at radius 3 is 2.55 bits per heavy atom. The van der Waals surface area contributed by atoms with Gasteiger partial charge in [0, 0.05) is 28.6 Å². The highest BCUT2D eigenvalue weighted by atomic mass is 32.1. The second-order valence-corrected chi connectivity index (χ2v) is 9.69. The third-order valence-corrected chi connectivity index (χ3v) is 7.22. The van der Waals surface area contributed by atoms with E-state index in [0.29, 0.717) is 16.7 Å². The van der Waals surface area contributed by atoms with Gasteiger partial charge in [-0.2, -0.15) is 0 Å². The molecule has 1 aliphatic heterocycles. The number of nitrogens with one attached hydrogen (secondary N) is 2. The highest BCUT2D eigenvalue weighted by molar-refractivity contribution is 7.14. The number of amides is 2. The summed E-state index contributed by atoms with van der Waals surface area (Å²) in [7, 11) is 0. The van der Waals surface area contributed by atoms with Crippen molar-refractivity contribution in [1.29, 1.82) is 0 Å². The van der Waals surface area contributed by atoms with Gasteiger partial charge in [0.25, 0.3) is 5.91 Å². The van der Waals surface area contributed by atoms with Gasteiger partial charge in [0.2, 0.25) is 5.91 Å². The van der Waals surface area contributed by atoms with Crippen LogP contribution in [0.25, 0.3) is 11.3 Å². The van der Waals surface area contributed by atoms with Gasteiger partial charge in [0.05, 0.1) is 11.7 Å². The predicted octanol–water partition coefficient (Wildman–Crippen LogP) is 4.87. The topological polar surface area (TPSA) is 74.3 Å². The van der Waals surface area contributed by atoms with Crippen LogP contribution in [0, 0.1) is 0 Å². The van der Waals surface area contributed by atoms with E-state index >= 15 is 0 Å². The minimum absolute atomic E-state index is 0.00303. The summed E-state index contributed by atoms with van der Waals surface area (Å²) in [5.41, 5.74) is 3.60. The number of hydrogen-bond donors (Lipinski definition) is 2. The average Bonchev–Trinajstić information content (AvgIpc) is 3.32. The van der Waals surface area contributed by atoms with E-state index in [2.05, 4.69) is 39.6 Å². The molecule has 2 amide bonds. The molecule has 170 valence electrons. The molecule has 7 heteroatoms. The minimum Gasteiger partial charge on any atom is -0.349 e. The maximum Gasteiger partial charge on any atom is 0.251 e. The van der Waals surface area contributed by atoms with Crippen LogP contribution in [0.2, 0.25) is 0 Å². The Kier molecular flexibility index (Phi) is 6.24. The molecule has 2 aromatic carbocycles. The van der Waals surface area contributed by atoms with E-state index in [1.54, 1.807) is 0 Å². The van der Waals surface area contributed by atoms with E-state index in [4.69, 9.17) is 0 Å². The minimum atomic E-state index is -0.156. The van der Waals surface area contributed by atoms with Crippen LogP contribution in [0.5, 0.6) is 0 Å². The molecule has 6 nitrogen and oxygen atoms in total. The molecule has 0 bridgehead atoms. The molecule has 33 heavy (non-hydrogen) atoms. The monoisotopic (exact) mass is 460 g/mol. The van der Waals surface area contributed by atoms with Gasteiger partial charge < -0.3 is 10.6 Å². The molecular weight excluding hydrogens is 432 g/mol. The maximum absolute atomic E-state index is 13.1. The quantitative estimate of drug-likeness (QED) is 0.528. The van der Waals surface area contributed by atoms with Gasteiger partial charge in [-0.1, -0.05) is 42.5 Å². The van der Waals surface area contributed by atoms with Gasteiger partial charge in [0.1, 0.15) is 0 Å². The summed E-state index contributed by atoms with van der Waals surface area (Å²) in [5, 5.41) is 8.57. The van der Waals surface area contributed by atoms with Gasteiger partial charge in [-0.05, 0) is 56.8 Å². The first-order valence-corrected chi connectivity index (χ1v) is 12.4. The molecule has 2 N–H and O–H groups in total. The van der Waals surface area contributed by atoms with Crippen molar-refractivity contribution < 1.29 is 9.59 Å². The van der Waals surface area contributed by atoms with Crippen molar-refractivity contribution in [3.63, 3.8) is 0 Å². The number of anilines is 1. The van der Waals surface area contributed by atoms with E-state index < -0.39 is 0 Å². The molecule has 0 radical (unpaired) electrons. The molecule has 2 aliphatic rings. The number of carbonyl (C=O) groups excluding carboxylic acids is 2. The summed E-state index contributed by atoms with van der Waals surface area (Å²) in [6.07, 6.45) is 4.01. The zero-order chi connectivity index (χ0) is 22.8. The summed E-state index contributed by atoms with van der Waals surface area (Å²) in [4.78, 5) is 32.2. The van der Waals surface area contributed by atoms with Crippen LogP contribution in [0.1, 0.15) is 54.6 Å². The van der Waals surface area contributed by atoms with Crippen molar-refractivity contribution in [1.82, 2.24) is 15.2 Å². The van der Waals surface area contributed by atoms with E-state index in [1.807, 2.05) is 47.8 Å². The van der Waals surface area contributed by atoms with Crippen LogP contribution in [-0.4, -0.2) is 40.3 Å². The number of nitrogens with zero attached hydrogens (tertiary/aromatic N) is 2. The van der Waals surface area contributed by atoms with Gasteiger partial charge in [0.15, 0.2) is 5.13 Å². The van der Waals surface area contributed by atoms with Crippen molar-refractivity contribution in [2.45, 2.75) is 50.7 Å². The number of benzene rings is 2. The highest BCUT2D eigenvalue weighted by Crippen LogP contribution is 2.31. The Bertz CT molecular complexity index is 1120. The maximum atomic E-state index is 13.1. The Morgan fingerprint density at radius 1 is 1.06 bits per heavy atom. The SMILES string of the molecule is CC(c1ccccc1)N1CCC[C@H]1C(=O)Nc1nc(-c2ccc(C(=O)NC3CC3)cc2)cs1. The van der Waals surface area contributed by atoms with Crippen molar-refractivity contribution in [2.75, 3.05) is 11.9 Å². The highest BCUT2D eigenvalue weighted by Gasteiger charge is 2.34. The number of thiazole rings is 1. The molecular formula is C26H28N4O2S. The summed E-state index contributed by atoms with van der Waals surface area (Å²) in [6, 6.07) is 18.2. The van der Waals surface area contributed by atoms with Crippen molar-refractivity contribution in [2.24, 2.45) is 0 Å². The Morgan fingerprint density at radius 2 is 1.82 bits per heavy atom. The zero-order valence-corrected chi connectivity index (χ0v) is 19.5. The van der Waals surface area contributed by atoms with Crippen LogP contribution in [0.15, 0.2) is 60.0 Å². The lowest BCUT2D eigenvalue weighted by Gasteiger charge is -2.30. The predicted molar refractivity (Wildman–Crippen MR) is 131 cm³/mol. The number of hydrogen-bond acceptors (Lipinski definition) is 5. The lowest BCUT2D eigenvalue weighted by atomic mass is 10.1. The lowest BCUT2D eigenvalue weighted by molar-refractivity contribution is -0.121. The smallest absolute Gasteiger partial charge is 0.251 e. The molecule has 1 saturated heterocycles. The number of rotatable bonds is 7. The van der Waals surface area contributed by atoms with Crippen LogP contribution in [-0.2, 0) is 4.79 Å². The van der Waals surface area contributed by atoms with Crippen molar-refractivity contribution in [3.05, 3.63) is 71.1 Å². The van der Waals surface area contributed by atoms with E-state index in [-0.39, 0.29) is 23.9 Å². The molecule has 1 aliphatic carbocycles. The molecule has 0 spiro atoms. The van der Waals surface area contributed by atoms with E-state index in [0.717, 1.165) is 43.5 Å². The van der Waals surface area contributed by atoms with E-state index in [1.165, 1.54) is 16.9 Å². The molecule has 3 aromatic rings. The second kappa shape index (κ2) is 9.45. The molecule has 2 heterocycles. The fraction of sp³-hybridized carbons (Fsp3) is 0.346. The summed E-state index contributed by atoms with van der Waals surface area (Å²) >= 11 is 1.42. The number of carbonyl (C=O) groups is 2. The first-order valence-electron chi connectivity index (χ1n) is 11.6. The van der Waals surface area contributed by atoms with Gasteiger partial charge in [-0.3, -0.25) is 14.5 Å². The third kappa shape index (κ3) is 4.99. The van der Waals surface area contributed by atoms with Crippen LogP contribution < -0.4 is 10.6 Å². The molecule has 2 atom stereocenters. The molecule has 1 aromatic heterocycles. The van der Waals surface area contributed by atoms with Crippen LogP contribution >= 0.6 is 11.3 Å². The van der Waals surface area contributed by atoms with E-state index in [9.17, 15) is 9.59 Å². The third-order valence-electron chi connectivity index (χ3n) is 6.47. The largest absolute Gasteiger partial charge is 0.349 e. The summed E-state index contributed by atoms with van der Waals surface area (Å²) in [5.74, 6) is -0.0237. The van der Waals surface area contributed by atoms with Gasteiger partial charge >= 0.3 is 0 Å². The normalized spacial score (nSPS) is 19.2. The van der Waals surface area contributed by atoms with Crippen molar-refractivity contribution >= 4 is 28.3 Å². The fourth-order valence-electron chi connectivity index (χ4n) is 4.40. The average molecular weight is 461 g/mol. The van der Waals surface area contributed by atoms with Crippen LogP contribution in [0.4, 0.5) is 5.13 Å². The summed E-state index contributed by atoms with van der Waals surface area (Å²) in [6.45, 7) is 3.08. The van der Waals surface area contributed by atoms with Crippen molar-refractivity contribution in [3.8, 4) is 11.3 Å². The first-order chi connectivity index (χ1) is 16.1. The van der Waals surface area contributed by atoms with Gasteiger partial charge in [-0.25, -0.2) is 4.98 Å². The molecule has 2 fully saturated rings. The Balaban J connectivity index is 1.23. The molecule has 1 unspecified atom stereocenters. The first kappa shape index (κ1) is 21.8. The second-order valence-electron chi connectivity index (χ2n) is 8.83. The van der Waals surface area contributed by atoms with Crippen LogP contribution in [0.3, 0.4) is 0 Å². The Labute approximate surface area is 198 Å². The Hall–Kier alpha value is -3.03. The van der Waals surface area contributed by atoms with Gasteiger partial charge in [-0.15, -0.1) is 11.3 Å². The summed E-state index contributed by atoms with van der Waals surface area (Å²) < 4.78 is 0. The zero-order valence-electron chi connectivity index (χ0n) is 18.7. The molecule has 5 rings (SSSR count). The molecule has 1 saturated carbocycles. The fourth-order valence-corrected chi connectivity index (χ4v) is 5.12.